The summed E-state index contributed by atoms with van der Waals surface area (Å²) in [6, 6.07) is 37.0. The Balaban J connectivity index is 0.000000168. The highest BCUT2D eigenvalue weighted by Gasteiger charge is 2.10. The highest BCUT2D eigenvalue weighted by atomic mass is 35.5. The molecule has 246 valence electrons. The van der Waals surface area contributed by atoms with Gasteiger partial charge in [0.05, 0.1) is 6.61 Å². The van der Waals surface area contributed by atoms with Crippen LogP contribution in [0.5, 0.6) is 0 Å². The van der Waals surface area contributed by atoms with Gasteiger partial charge < -0.3 is 14.6 Å². The van der Waals surface area contributed by atoms with E-state index in [-0.39, 0.29) is 19.2 Å². The Morgan fingerprint density at radius 1 is 0.667 bits per heavy atom. The number of fused-ring (bicyclic) bond motifs is 4. The quantitative estimate of drug-likeness (QED) is 0.0862. The molecule has 1 fully saturated rings. The van der Waals surface area contributed by atoms with E-state index >= 15 is 0 Å². The SMILES string of the molecule is C1CCOC1.C=C(C)C(=O)Cl.C=C(C)C(=O)OCc1c2ccccc2cc2ccccc12.OCc1c2ccccc2cc2ccccc12. The number of carbonyl (C=O) groups excluding carboxylic acids is 2. The van der Waals surface area contributed by atoms with Crippen molar-refractivity contribution in [2.24, 2.45) is 0 Å². The van der Waals surface area contributed by atoms with Crippen molar-refractivity contribution in [1.82, 2.24) is 0 Å². The largest absolute Gasteiger partial charge is 0.457 e. The zero-order valence-electron chi connectivity index (χ0n) is 27.5. The number of hydrogen-bond acceptors (Lipinski definition) is 5. The molecule has 1 N–H and O–H groups in total. The summed E-state index contributed by atoms with van der Waals surface area (Å²) in [5.74, 6) is -0.355. The van der Waals surface area contributed by atoms with Crippen molar-refractivity contribution in [2.45, 2.75) is 39.9 Å². The zero-order valence-corrected chi connectivity index (χ0v) is 28.3. The molecule has 6 heteroatoms. The number of aliphatic hydroxyl groups excluding tert-OH is 1. The lowest BCUT2D eigenvalue weighted by Gasteiger charge is -2.12. The predicted molar refractivity (Wildman–Crippen MR) is 199 cm³/mol. The Morgan fingerprint density at radius 3 is 1.31 bits per heavy atom. The van der Waals surface area contributed by atoms with Crippen LogP contribution >= 0.6 is 11.6 Å². The number of ether oxygens (including phenoxy) is 2. The van der Waals surface area contributed by atoms with Crippen molar-refractivity contribution in [3.05, 3.63) is 145 Å². The summed E-state index contributed by atoms with van der Waals surface area (Å²) in [4.78, 5) is 21.5. The Hall–Kier alpha value is -4.81. The molecule has 0 bridgehead atoms. The van der Waals surface area contributed by atoms with Crippen molar-refractivity contribution in [2.75, 3.05) is 13.2 Å². The molecule has 0 saturated carbocycles. The number of rotatable bonds is 5. The number of hydrogen-bond donors (Lipinski definition) is 1. The van der Waals surface area contributed by atoms with Crippen LogP contribution in [0.1, 0.15) is 37.8 Å². The summed E-state index contributed by atoms with van der Waals surface area (Å²) < 4.78 is 10.3. The molecule has 0 spiro atoms. The lowest BCUT2D eigenvalue weighted by Crippen LogP contribution is -2.05. The maximum absolute atomic E-state index is 11.7. The number of aliphatic hydroxyl groups is 1. The molecular formula is C42H41ClO5. The molecule has 0 radical (unpaired) electrons. The normalized spacial score (nSPS) is 11.8. The zero-order chi connectivity index (χ0) is 34.5. The van der Waals surface area contributed by atoms with Crippen LogP contribution in [0.25, 0.3) is 43.1 Å². The molecule has 0 amide bonds. The average molecular weight is 661 g/mol. The molecule has 7 rings (SSSR count). The minimum atomic E-state index is -0.463. The number of halogens is 1. The Labute approximate surface area is 287 Å². The van der Waals surface area contributed by atoms with Crippen LogP contribution in [0.15, 0.2) is 133 Å². The van der Waals surface area contributed by atoms with Gasteiger partial charge in [-0.25, -0.2) is 4.79 Å². The van der Waals surface area contributed by atoms with Gasteiger partial charge in [-0.05, 0) is 99.1 Å². The number of carbonyl (C=O) groups is 2. The molecule has 1 saturated heterocycles. The maximum Gasteiger partial charge on any atom is 0.333 e. The van der Waals surface area contributed by atoms with E-state index < -0.39 is 5.24 Å². The van der Waals surface area contributed by atoms with Crippen LogP contribution in [0.2, 0.25) is 0 Å². The molecule has 0 aliphatic carbocycles. The van der Waals surface area contributed by atoms with Gasteiger partial charge in [-0.15, -0.1) is 0 Å². The molecule has 1 aliphatic heterocycles. The summed E-state index contributed by atoms with van der Waals surface area (Å²) in [5.41, 5.74) is 2.86. The number of esters is 1. The summed E-state index contributed by atoms with van der Waals surface area (Å²) in [6.45, 7) is 12.5. The first kappa shape index (κ1) is 36.0. The van der Waals surface area contributed by atoms with E-state index in [2.05, 4.69) is 73.8 Å². The third-order valence-electron chi connectivity index (χ3n) is 7.78. The fourth-order valence-electron chi connectivity index (χ4n) is 5.31. The van der Waals surface area contributed by atoms with Gasteiger partial charge in [0.2, 0.25) is 5.24 Å². The Bertz CT molecular complexity index is 1930. The minimum Gasteiger partial charge on any atom is -0.457 e. The summed E-state index contributed by atoms with van der Waals surface area (Å²) in [5, 5.41) is 18.3. The molecule has 48 heavy (non-hydrogen) atoms. The van der Waals surface area contributed by atoms with Crippen LogP contribution in [0.4, 0.5) is 0 Å². The molecule has 5 nitrogen and oxygen atoms in total. The summed E-state index contributed by atoms with van der Waals surface area (Å²) >= 11 is 4.87. The number of allylic oxidation sites excluding steroid dienone is 1. The first-order chi connectivity index (χ1) is 23.2. The highest BCUT2D eigenvalue weighted by Crippen LogP contribution is 2.30. The van der Waals surface area contributed by atoms with Crippen LogP contribution in [0, 0.1) is 0 Å². The number of benzene rings is 6. The lowest BCUT2D eigenvalue weighted by molar-refractivity contribution is -0.140. The fraction of sp³-hybridized carbons (Fsp3) is 0.190. The summed E-state index contributed by atoms with van der Waals surface area (Å²) in [6.07, 6.45) is 2.56. The van der Waals surface area contributed by atoms with Crippen molar-refractivity contribution in [3.63, 3.8) is 0 Å². The highest BCUT2D eigenvalue weighted by molar-refractivity contribution is 6.67. The van der Waals surface area contributed by atoms with Crippen molar-refractivity contribution < 1.29 is 24.2 Å². The van der Waals surface area contributed by atoms with Gasteiger partial charge in [-0.2, -0.15) is 0 Å². The second kappa shape index (κ2) is 17.9. The van der Waals surface area contributed by atoms with Gasteiger partial charge in [0.25, 0.3) is 0 Å². The van der Waals surface area contributed by atoms with Crippen LogP contribution in [0.3, 0.4) is 0 Å². The van der Waals surface area contributed by atoms with Crippen LogP contribution in [-0.2, 0) is 32.3 Å². The smallest absolute Gasteiger partial charge is 0.333 e. The monoisotopic (exact) mass is 660 g/mol. The molecule has 0 aromatic heterocycles. The Morgan fingerprint density at radius 2 is 1.02 bits per heavy atom. The van der Waals surface area contributed by atoms with Gasteiger partial charge in [-0.1, -0.05) is 110 Å². The van der Waals surface area contributed by atoms with Crippen molar-refractivity contribution in [3.8, 4) is 0 Å². The van der Waals surface area contributed by atoms with Gasteiger partial charge in [0, 0.05) is 29.9 Å². The third kappa shape index (κ3) is 9.61. The van der Waals surface area contributed by atoms with E-state index in [1.807, 2.05) is 48.5 Å². The molecule has 0 unspecified atom stereocenters. The van der Waals surface area contributed by atoms with Gasteiger partial charge in [0.1, 0.15) is 6.61 Å². The molecule has 1 aliphatic rings. The first-order valence-corrected chi connectivity index (χ1v) is 16.2. The maximum atomic E-state index is 11.7. The van der Waals surface area contributed by atoms with E-state index in [9.17, 15) is 14.7 Å². The molecular weight excluding hydrogens is 620 g/mol. The van der Waals surface area contributed by atoms with Gasteiger partial charge >= 0.3 is 5.97 Å². The van der Waals surface area contributed by atoms with Crippen molar-refractivity contribution in [1.29, 1.82) is 0 Å². The van der Waals surface area contributed by atoms with E-state index in [1.54, 1.807) is 13.8 Å². The van der Waals surface area contributed by atoms with Crippen molar-refractivity contribution >= 4 is 65.9 Å². The van der Waals surface area contributed by atoms with E-state index in [0.29, 0.717) is 11.1 Å². The van der Waals surface area contributed by atoms with Gasteiger partial charge in [0.15, 0.2) is 0 Å². The van der Waals surface area contributed by atoms with Crippen LogP contribution < -0.4 is 0 Å². The molecule has 6 aromatic carbocycles. The second-order valence-corrected chi connectivity index (χ2v) is 11.8. The lowest BCUT2D eigenvalue weighted by atomic mass is 9.97. The second-order valence-electron chi connectivity index (χ2n) is 11.5. The minimum absolute atomic E-state index is 0.0852. The summed E-state index contributed by atoms with van der Waals surface area (Å²) in [7, 11) is 0. The van der Waals surface area contributed by atoms with E-state index in [0.717, 1.165) is 56.7 Å². The third-order valence-corrected chi connectivity index (χ3v) is 8.11. The molecule has 0 atom stereocenters. The van der Waals surface area contributed by atoms with E-state index in [4.69, 9.17) is 21.1 Å². The average Bonchev–Trinajstić information content (AvgIpc) is 3.70. The molecule has 6 aromatic rings. The topological polar surface area (TPSA) is 72.8 Å². The fourth-order valence-corrected chi connectivity index (χ4v) is 5.31. The standard InChI is InChI=1S/C19H16O2.C15H12O.C4H5ClO.C4H8O/c1-13(2)19(20)21-12-18-16-9-5-3-7-14(16)11-15-8-4-6-10-17(15)18;16-10-15-13-7-3-1-5-11(13)9-12-6-2-4-8-14(12)15;1-3(2)4(5)6;1-2-4-5-3-1/h3-11H,1,12H2,2H3;1-9,16H,10H2;1H2,2H3;1-4H2. The van der Waals surface area contributed by atoms with Gasteiger partial charge in [-0.3, -0.25) is 4.79 Å². The first-order valence-electron chi connectivity index (χ1n) is 15.9. The van der Waals surface area contributed by atoms with E-state index in [1.165, 1.54) is 23.6 Å². The predicted octanol–water partition coefficient (Wildman–Crippen LogP) is 10.2. The Kier molecular flexibility index (Phi) is 13.5. The molecule has 1 heterocycles. The van der Waals surface area contributed by atoms with Crippen LogP contribution in [-0.4, -0.2) is 29.5 Å².